The van der Waals surface area contributed by atoms with Crippen LogP contribution in [0.4, 0.5) is 10.1 Å². The molecule has 0 saturated heterocycles. The molecular weight excluding hydrogens is 277 g/mol. The number of carbonyl (C=O) groups excluding carboxylic acids is 2. The molecule has 5 heteroatoms. The van der Waals surface area contributed by atoms with Gasteiger partial charge in [-0.1, -0.05) is 0 Å². The standard InChI is InChI=1S/C15H12FNO2S/c1-8-4-5-20-15(8)14(19)10-6-9-2-3-13(18)17-12(9)7-11(10)16/h4-7H,2-3H2,1H3,(H,17,18). The number of hydrogen-bond donors (Lipinski definition) is 1. The van der Waals surface area contributed by atoms with Crippen molar-refractivity contribution < 1.29 is 14.0 Å². The van der Waals surface area contributed by atoms with Gasteiger partial charge in [-0.05, 0) is 48.1 Å². The van der Waals surface area contributed by atoms with Gasteiger partial charge in [-0.3, -0.25) is 9.59 Å². The molecule has 0 fully saturated rings. The van der Waals surface area contributed by atoms with E-state index in [0.717, 1.165) is 11.1 Å². The monoisotopic (exact) mass is 289 g/mol. The Labute approximate surface area is 119 Å². The normalized spacial score (nSPS) is 13.8. The molecule has 0 aliphatic carbocycles. The van der Waals surface area contributed by atoms with Crippen LogP contribution in [0.1, 0.15) is 32.8 Å². The molecule has 0 spiro atoms. The molecule has 1 aromatic heterocycles. The molecule has 1 N–H and O–H groups in total. The maximum absolute atomic E-state index is 14.1. The largest absolute Gasteiger partial charge is 0.326 e. The van der Waals surface area contributed by atoms with Gasteiger partial charge in [0, 0.05) is 12.1 Å². The van der Waals surface area contributed by atoms with Gasteiger partial charge in [0.05, 0.1) is 10.4 Å². The molecule has 1 aliphatic heterocycles. The molecule has 0 bridgehead atoms. The lowest BCUT2D eigenvalue weighted by molar-refractivity contribution is -0.116. The number of hydrogen-bond acceptors (Lipinski definition) is 3. The maximum atomic E-state index is 14.1. The van der Waals surface area contributed by atoms with Crippen molar-refractivity contribution in [3.05, 3.63) is 51.0 Å². The van der Waals surface area contributed by atoms with Crippen LogP contribution in [0, 0.1) is 12.7 Å². The number of halogens is 1. The van der Waals surface area contributed by atoms with E-state index < -0.39 is 5.82 Å². The fraction of sp³-hybridized carbons (Fsp3) is 0.200. The SMILES string of the molecule is Cc1ccsc1C(=O)c1cc2c(cc1F)NC(=O)CC2. The lowest BCUT2D eigenvalue weighted by Crippen LogP contribution is -2.20. The molecule has 1 amide bonds. The number of anilines is 1. The van der Waals surface area contributed by atoms with Crippen molar-refractivity contribution in [1.82, 2.24) is 0 Å². The van der Waals surface area contributed by atoms with Gasteiger partial charge in [0.1, 0.15) is 5.82 Å². The summed E-state index contributed by atoms with van der Waals surface area (Å²) in [5.41, 5.74) is 2.21. The predicted octanol–water partition coefficient (Wildman–Crippen LogP) is 3.31. The number of carbonyl (C=O) groups is 2. The third-order valence-electron chi connectivity index (χ3n) is 3.40. The summed E-state index contributed by atoms with van der Waals surface area (Å²) in [5.74, 6) is -1.01. The van der Waals surface area contributed by atoms with Crippen molar-refractivity contribution in [3.63, 3.8) is 0 Å². The van der Waals surface area contributed by atoms with Crippen LogP contribution in [-0.2, 0) is 11.2 Å². The Morgan fingerprint density at radius 2 is 2.15 bits per heavy atom. The van der Waals surface area contributed by atoms with Crippen LogP contribution in [0.3, 0.4) is 0 Å². The Morgan fingerprint density at radius 3 is 2.85 bits per heavy atom. The zero-order chi connectivity index (χ0) is 14.3. The number of nitrogens with one attached hydrogen (secondary N) is 1. The summed E-state index contributed by atoms with van der Waals surface area (Å²) in [5, 5.41) is 4.44. The van der Waals surface area contributed by atoms with E-state index in [1.807, 2.05) is 18.4 Å². The van der Waals surface area contributed by atoms with Gasteiger partial charge in [-0.2, -0.15) is 0 Å². The second-order valence-corrected chi connectivity index (χ2v) is 5.72. The highest BCUT2D eigenvalue weighted by Gasteiger charge is 2.22. The summed E-state index contributed by atoms with van der Waals surface area (Å²) in [6.07, 6.45) is 0.898. The van der Waals surface area contributed by atoms with Crippen molar-refractivity contribution in [1.29, 1.82) is 0 Å². The summed E-state index contributed by atoms with van der Waals surface area (Å²) in [4.78, 5) is 24.2. The van der Waals surface area contributed by atoms with Crippen LogP contribution in [0.25, 0.3) is 0 Å². The van der Waals surface area contributed by atoms with E-state index >= 15 is 0 Å². The zero-order valence-corrected chi connectivity index (χ0v) is 11.6. The fourth-order valence-electron chi connectivity index (χ4n) is 2.30. The molecule has 3 rings (SSSR count). The zero-order valence-electron chi connectivity index (χ0n) is 10.8. The number of benzene rings is 1. The first-order valence-corrected chi connectivity index (χ1v) is 7.15. The average molecular weight is 289 g/mol. The van der Waals surface area contributed by atoms with Gasteiger partial charge in [0.25, 0.3) is 0 Å². The van der Waals surface area contributed by atoms with Gasteiger partial charge in [0.15, 0.2) is 0 Å². The number of fused-ring (bicyclic) bond motifs is 1. The van der Waals surface area contributed by atoms with E-state index in [1.54, 1.807) is 6.07 Å². The summed E-state index contributed by atoms with van der Waals surface area (Å²) < 4.78 is 14.1. The maximum Gasteiger partial charge on any atom is 0.224 e. The minimum absolute atomic E-state index is 0.0745. The van der Waals surface area contributed by atoms with Crippen molar-refractivity contribution >= 4 is 28.7 Å². The van der Waals surface area contributed by atoms with Crippen molar-refractivity contribution in [2.24, 2.45) is 0 Å². The van der Waals surface area contributed by atoms with Crippen molar-refractivity contribution in [3.8, 4) is 0 Å². The van der Waals surface area contributed by atoms with E-state index in [9.17, 15) is 14.0 Å². The Balaban J connectivity index is 2.05. The quantitative estimate of drug-likeness (QED) is 0.862. The molecule has 0 saturated carbocycles. The molecule has 0 atom stereocenters. The molecule has 0 radical (unpaired) electrons. The summed E-state index contributed by atoms with van der Waals surface area (Å²) in [7, 11) is 0. The molecule has 102 valence electrons. The molecular formula is C15H12FNO2S. The van der Waals surface area contributed by atoms with Gasteiger partial charge in [-0.25, -0.2) is 4.39 Å². The minimum atomic E-state index is -0.594. The smallest absolute Gasteiger partial charge is 0.224 e. The molecule has 0 unspecified atom stereocenters. The van der Waals surface area contributed by atoms with E-state index in [0.29, 0.717) is 23.4 Å². The Bertz CT molecular complexity index is 721. The molecule has 1 aromatic carbocycles. The first kappa shape index (κ1) is 13.0. The lowest BCUT2D eigenvalue weighted by Gasteiger charge is -2.17. The van der Waals surface area contributed by atoms with E-state index in [2.05, 4.69) is 5.32 Å². The third kappa shape index (κ3) is 2.14. The van der Waals surface area contributed by atoms with Gasteiger partial charge >= 0.3 is 0 Å². The van der Waals surface area contributed by atoms with Crippen LogP contribution in [0.5, 0.6) is 0 Å². The fourth-order valence-corrected chi connectivity index (χ4v) is 3.18. The summed E-state index contributed by atoms with van der Waals surface area (Å²) in [6, 6.07) is 4.64. The second-order valence-electron chi connectivity index (χ2n) is 4.80. The highest BCUT2D eigenvalue weighted by Crippen LogP contribution is 2.28. The first-order chi connectivity index (χ1) is 9.56. The number of aryl methyl sites for hydroxylation is 2. The van der Waals surface area contributed by atoms with Crippen LogP contribution < -0.4 is 5.32 Å². The van der Waals surface area contributed by atoms with Crippen LogP contribution >= 0.6 is 11.3 Å². The van der Waals surface area contributed by atoms with E-state index in [1.165, 1.54) is 17.4 Å². The number of rotatable bonds is 2. The van der Waals surface area contributed by atoms with Crippen LogP contribution in [-0.4, -0.2) is 11.7 Å². The van der Waals surface area contributed by atoms with Gasteiger partial charge in [-0.15, -0.1) is 11.3 Å². The lowest BCUT2D eigenvalue weighted by atomic mass is 9.97. The Hall–Kier alpha value is -2.01. The highest BCUT2D eigenvalue weighted by molar-refractivity contribution is 7.12. The van der Waals surface area contributed by atoms with Crippen molar-refractivity contribution in [2.45, 2.75) is 19.8 Å². The average Bonchev–Trinajstić information content (AvgIpc) is 2.83. The first-order valence-electron chi connectivity index (χ1n) is 6.27. The van der Waals surface area contributed by atoms with E-state index in [4.69, 9.17) is 0 Å². The van der Waals surface area contributed by atoms with Gasteiger partial charge in [0.2, 0.25) is 11.7 Å². The molecule has 2 heterocycles. The topological polar surface area (TPSA) is 46.2 Å². The Kier molecular flexibility index (Phi) is 3.14. The minimum Gasteiger partial charge on any atom is -0.326 e. The Morgan fingerprint density at radius 1 is 1.35 bits per heavy atom. The molecule has 20 heavy (non-hydrogen) atoms. The van der Waals surface area contributed by atoms with Gasteiger partial charge < -0.3 is 5.32 Å². The van der Waals surface area contributed by atoms with Crippen molar-refractivity contribution in [2.75, 3.05) is 5.32 Å². The predicted molar refractivity (Wildman–Crippen MR) is 75.8 cm³/mol. The molecule has 3 nitrogen and oxygen atoms in total. The number of thiophene rings is 1. The third-order valence-corrected chi connectivity index (χ3v) is 4.42. The molecule has 1 aliphatic rings. The second kappa shape index (κ2) is 4.83. The van der Waals surface area contributed by atoms with Crippen LogP contribution in [0.15, 0.2) is 23.6 Å². The number of amides is 1. The van der Waals surface area contributed by atoms with E-state index in [-0.39, 0.29) is 17.3 Å². The highest BCUT2D eigenvalue weighted by atomic mass is 32.1. The molecule has 2 aromatic rings. The van der Waals surface area contributed by atoms with Crippen LogP contribution in [0.2, 0.25) is 0 Å². The number of ketones is 1. The summed E-state index contributed by atoms with van der Waals surface area (Å²) >= 11 is 1.31. The summed E-state index contributed by atoms with van der Waals surface area (Å²) in [6.45, 7) is 1.83.